The Labute approximate surface area is 129 Å². The largest absolute Gasteiger partial charge is 0.464 e. The predicted molar refractivity (Wildman–Crippen MR) is 87.3 cm³/mol. The summed E-state index contributed by atoms with van der Waals surface area (Å²) in [5.41, 5.74) is 7.30. The molecule has 0 aromatic carbocycles. The molecule has 0 fully saturated rings. The average molecular weight is 403 g/mol. The zero-order valence-electron chi connectivity index (χ0n) is 10.4. The number of carbonyl (C=O) groups excluding carboxylic acids is 1. The van der Waals surface area contributed by atoms with E-state index in [-0.39, 0.29) is 5.69 Å². The smallest absolute Gasteiger partial charge is 0.356 e. The second-order valence-corrected chi connectivity index (χ2v) is 5.46. The lowest BCUT2D eigenvalue weighted by Gasteiger charge is -2.02. The fourth-order valence-corrected chi connectivity index (χ4v) is 2.20. The van der Waals surface area contributed by atoms with Crippen LogP contribution in [0.1, 0.15) is 16.2 Å². The highest BCUT2D eigenvalue weighted by Crippen LogP contribution is 2.23. The molecular formula is C11H11IN5O2P. The van der Waals surface area contributed by atoms with Crippen LogP contribution in [0.4, 0.5) is 0 Å². The quantitative estimate of drug-likeness (QED) is 0.364. The maximum Gasteiger partial charge on any atom is 0.356 e. The first-order chi connectivity index (χ1) is 9.71. The minimum absolute atomic E-state index is 0.206. The Hall–Kier alpha value is -1.54. The van der Waals surface area contributed by atoms with Crippen molar-refractivity contribution in [1.82, 2.24) is 14.4 Å². The van der Waals surface area contributed by atoms with E-state index < -0.39 is 5.97 Å². The van der Waals surface area contributed by atoms with Crippen molar-refractivity contribution in [3.05, 3.63) is 36.0 Å². The van der Waals surface area contributed by atoms with Crippen LogP contribution in [0.25, 0.3) is 11.4 Å². The molecule has 1 atom stereocenters. The highest BCUT2D eigenvalue weighted by Gasteiger charge is 2.12. The lowest BCUT2D eigenvalue weighted by molar-refractivity contribution is 0.0594. The summed E-state index contributed by atoms with van der Waals surface area (Å²) in [4.78, 5) is 19.7. The average Bonchev–Trinajstić information content (AvgIpc) is 2.90. The molecule has 2 aromatic heterocycles. The molecule has 0 saturated carbocycles. The number of hydrogen-bond donors (Lipinski definition) is 1. The molecule has 0 aliphatic rings. The van der Waals surface area contributed by atoms with Gasteiger partial charge in [0, 0.05) is 24.2 Å². The van der Waals surface area contributed by atoms with Crippen LogP contribution in [0.15, 0.2) is 29.4 Å². The molecule has 7 nitrogen and oxygen atoms in total. The molecule has 2 N–H and O–H groups in total. The van der Waals surface area contributed by atoms with Crippen molar-refractivity contribution in [2.24, 2.45) is 10.5 Å². The summed E-state index contributed by atoms with van der Waals surface area (Å²) >= 11 is 2.16. The summed E-state index contributed by atoms with van der Waals surface area (Å²) in [7, 11) is 1.31. The number of nitrogens with two attached hydrogens (primary N) is 1. The van der Waals surface area contributed by atoms with Gasteiger partial charge in [-0.25, -0.2) is 14.8 Å². The number of imidazole rings is 1. The van der Waals surface area contributed by atoms with Crippen LogP contribution in [0.5, 0.6) is 0 Å². The summed E-state index contributed by atoms with van der Waals surface area (Å²) in [5.74, 6) is -0.105. The van der Waals surface area contributed by atoms with Crippen LogP contribution in [0.3, 0.4) is 0 Å². The maximum absolute atomic E-state index is 11.4. The van der Waals surface area contributed by atoms with E-state index in [0.717, 1.165) is 11.3 Å². The second-order valence-electron chi connectivity index (χ2n) is 3.58. The molecule has 20 heavy (non-hydrogen) atoms. The Balaban J connectivity index is 2.47. The van der Waals surface area contributed by atoms with Crippen LogP contribution < -0.4 is 5.73 Å². The number of aromatic nitrogens is 3. The topological polar surface area (TPSA) is 94.9 Å². The maximum atomic E-state index is 11.4. The minimum atomic E-state index is -0.501. The van der Waals surface area contributed by atoms with E-state index >= 15 is 0 Å². The fraction of sp³-hybridized carbons (Fsp3) is 0.0909. The van der Waals surface area contributed by atoms with Crippen molar-refractivity contribution in [2.75, 3.05) is 7.11 Å². The first kappa shape index (κ1) is 14.9. The number of esters is 1. The van der Waals surface area contributed by atoms with E-state index in [0.29, 0.717) is 12.2 Å². The predicted octanol–water partition coefficient (Wildman–Crippen LogP) is 1.83. The molecular weight excluding hydrogens is 392 g/mol. The molecule has 1 unspecified atom stereocenters. The molecule has 0 aliphatic carbocycles. The standard InChI is InChI=1S/C11H11IN5O2P/c1-19-10(18)8-2-3-17-9(6-14-11(17)16-8)7(4-13)5-15-20-12/h2-6,20H,13H2,1H3/b7-4+,15-5+. The van der Waals surface area contributed by atoms with E-state index in [9.17, 15) is 4.79 Å². The SMILES string of the molecule is COC(=O)c1ccn2c(C(=C/N)/C=N/PI)cnc2n1. The zero-order chi connectivity index (χ0) is 14.5. The number of carbonyl (C=O) groups is 1. The molecule has 2 aromatic rings. The Morgan fingerprint density at radius 3 is 3.10 bits per heavy atom. The van der Waals surface area contributed by atoms with Crippen LogP contribution >= 0.6 is 28.4 Å². The van der Waals surface area contributed by atoms with Crippen molar-refractivity contribution in [1.29, 1.82) is 0 Å². The molecule has 0 spiro atoms. The number of hydrogen-bond acceptors (Lipinski definition) is 6. The number of ether oxygens (including phenoxy) is 1. The van der Waals surface area contributed by atoms with E-state index in [1.807, 2.05) is 0 Å². The Bertz CT molecular complexity index is 697. The van der Waals surface area contributed by atoms with Gasteiger partial charge >= 0.3 is 5.97 Å². The van der Waals surface area contributed by atoms with Crippen molar-refractivity contribution in [3.8, 4) is 0 Å². The zero-order valence-corrected chi connectivity index (χ0v) is 13.6. The monoisotopic (exact) mass is 403 g/mol. The summed E-state index contributed by atoms with van der Waals surface area (Å²) in [6, 6.07) is 1.56. The van der Waals surface area contributed by atoms with E-state index in [1.165, 1.54) is 13.3 Å². The third-order valence-electron chi connectivity index (χ3n) is 2.50. The van der Waals surface area contributed by atoms with Crippen molar-refractivity contribution >= 4 is 51.9 Å². The van der Waals surface area contributed by atoms with E-state index in [4.69, 9.17) is 5.73 Å². The number of allylic oxidation sites excluding steroid dienone is 1. The molecule has 2 rings (SSSR count). The lowest BCUT2D eigenvalue weighted by atomic mass is 10.2. The molecule has 104 valence electrons. The number of nitrogens with zero attached hydrogens (tertiary/aromatic N) is 4. The lowest BCUT2D eigenvalue weighted by Crippen LogP contribution is -2.06. The number of halogens is 1. The van der Waals surface area contributed by atoms with Gasteiger partial charge in [0.05, 0.1) is 25.4 Å². The van der Waals surface area contributed by atoms with Crippen LogP contribution in [-0.2, 0) is 4.74 Å². The van der Waals surface area contributed by atoms with Gasteiger partial charge in [-0.1, -0.05) is 0 Å². The molecule has 0 aliphatic heterocycles. The molecule has 2 heterocycles. The summed E-state index contributed by atoms with van der Waals surface area (Å²) in [6.07, 6.45) is 6.88. The molecule has 9 heteroatoms. The van der Waals surface area contributed by atoms with Gasteiger partial charge in [0.25, 0.3) is 0 Å². The first-order valence-electron chi connectivity index (χ1n) is 5.44. The third-order valence-corrected chi connectivity index (χ3v) is 3.56. The van der Waals surface area contributed by atoms with Gasteiger partial charge in [0.1, 0.15) is 0 Å². The van der Waals surface area contributed by atoms with Crippen LogP contribution in [0.2, 0.25) is 0 Å². The highest BCUT2D eigenvalue weighted by atomic mass is 127. The minimum Gasteiger partial charge on any atom is -0.464 e. The summed E-state index contributed by atoms with van der Waals surface area (Å²) in [5, 5.41) is 0. The third kappa shape index (κ3) is 2.96. The number of fused-ring (bicyclic) bond motifs is 1. The van der Waals surface area contributed by atoms with Gasteiger partial charge in [-0.05, 0) is 28.1 Å². The molecule has 0 bridgehead atoms. The normalized spacial score (nSPS) is 12.8. The first-order valence-corrected chi connectivity index (χ1v) is 9.50. The highest BCUT2D eigenvalue weighted by molar-refractivity contribution is 14.2. The van der Waals surface area contributed by atoms with Gasteiger partial charge in [-0.15, -0.1) is 0 Å². The Kier molecular flexibility index (Phi) is 5.02. The van der Waals surface area contributed by atoms with Gasteiger partial charge in [-0.3, -0.25) is 9.16 Å². The van der Waals surface area contributed by atoms with Crippen molar-refractivity contribution in [3.63, 3.8) is 0 Å². The fourth-order valence-electron chi connectivity index (χ4n) is 1.59. The van der Waals surface area contributed by atoms with Crippen molar-refractivity contribution < 1.29 is 9.53 Å². The van der Waals surface area contributed by atoms with E-state index in [2.05, 4.69) is 41.5 Å². The second kappa shape index (κ2) is 6.76. The van der Waals surface area contributed by atoms with Gasteiger partial charge in [0.15, 0.2) is 5.69 Å². The Morgan fingerprint density at radius 1 is 1.65 bits per heavy atom. The van der Waals surface area contributed by atoms with Crippen molar-refractivity contribution in [2.45, 2.75) is 0 Å². The summed E-state index contributed by atoms with van der Waals surface area (Å²) < 4.78 is 10.5. The van der Waals surface area contributed by atoms with Crippen LogP contribution in [-0.4, -0.2) is 33.7 Å². The van der Waals surface area contributed by atoms with Gasteiger partial charge in [-0.2, -0.15) is 0 Å². The number of rotatable bonds is 4. The number of methoxy groups -OCH3 is 1. The molecule has 0 radical (unpaired) electrons. The Morgan fingerprint density at radius 2 is 2.45 bits per heavy atom. The molecule has 0 amide bonds. The molecule has 0 saturated heterocycles. The van der Waals surface area contributed by atoms with E-state index in [1.54, 1.807) is 29.1 Å². The van der Waals surface area contributed by atoms with Gasteiger partial charge < -0.3 is 10.5 Å². The summed E-state index contributed by atoms with van der Waals surface area (Å²) in [6.45, 7) is 0. The van der Waals surface area contributed by atoms with Crippen LogP contribution in [0, 0.1) is 0 Å². The van der Waals surface area contributed by atoms with Gasteiger partial charge in [0.2, 0.25) is 5.78 Å².